The molecule has 0 bridgehead atoms. The molecule has 2 amide bonds. The summed E-state index contributed by atoms with van der Waals surface area (Å²) in [5.41, 5.74) is 0. The Balaban J connectivity index is 2.40. The van der Waals surface area contributed by atoms with Crippen molar-refractivity contribution in [1.82, 2.24) is 4.90 Å². The van der Waals surface area contributed by atoms with Gasteiger partial charge in [0.1, 0.15) is 5.78 Å². The van der Waals surface area contributed by atoms with Crippen molar-refractivity contribution in [3.63, 3.8) is 0 Å². The molecule has 0 aromatic carbocycles. The molecule has 1 heterocycles. The molecule has 0 unspecified atom stereocenters. The van der Waals surface area contributed by atoms with Crippen LogP contribution in [0, 0.1) is 0 Å². The first-order valence-corrected chi connectivity index (χ1v) is 6.00. The van der Waals surface area contributed by atoms with Gasteiger partial charge < -0.3 is 0 Å². The van der Waals surface area contributed by atoms with Crippen LogP contribution in [0.15, 0.2) is 0 Å². The number of amides is 2. The minimum atomic E-state index is -0.0774. The summed E-state index contributed by atoms with van der Waals surface area (Å²) in [6, 6.07) is 0. The second-order valence-corrected chi connectivity index (χ2v) is 4.14. The number of imide groups is 1. The van der Waals surface area contributed by atoms with Gasteiger partial charge in [0.2, 0.25) is 11.8 Å². The lowest BCUT2D eigenvalue weighted by atomic mass is 10.2. The molecule has 0 aromatic rings. The van der Waals surface area contributed by atoms with Crippen LogP contribution >= 0.6 is 0 Å². The highest BCUT2D eigenvalue weighted by atomic mass is 16.2. The van der Waals surface area contributed by atoms with Crippen molar-refractivity contribution in [1.29, 1.82) is 0 Å². The molecule has 1 fully saturated rings. The summed E-state index contributed by atoms with van der Waals surface area (Å²) in [4.78, 5) is 35.6. The van der Waals surface area contributed by atoms with Crippen molar-refractivity contribution >= 4 is 17.6 Å². The van der Waals surface area contributed by atoms with Gasteiger partial charge in [0.05, 0.1) is 0 Å². The van der Waals surface area contributed by atoms with Crippen LogP contribution in [-0.2, 0) is 14.4 Å². The fourth-order valence-corrected chi connectivity index (χ4v) is 1.82. The number of likely N-dealkylation sites (tertiary alicyclic amines) is 1. The first kappa shape index (κ1) is 12.9. The van der Waals surface area contributed by atoms with Crippen molar-refractivity contribution < 1.29 is 14.4 Å². The third kappa shape index (κ3) is 3.76. The first-order chi connectivity index (χ1) is 7.65. The van der Waals surface area contributed by atoms with E-state index < -0.39 is 0 Å². The highest BCUT2D eigenvalue weighted by Gasteiger charge is 2.23. The summed E-state index contributed by atoms with van der Waals surface area (Å²) in [7, 11) is 0. The van der Waals surface area contributed by atoms with Crippen molar-refractivity contribution in [2.45, 2.75) is 51.9 Å². The summed E-state index contributed by atoms with van der Waals surface area (Å²) in [5, 5.41) is 0. The van der Waals surface area contributed by atoms with Crippen LogP contribution in [0.1, 0.15) is 51.9 Å². The fourth-order valence-electron chi connectivity index (χ4n) is 1.82. The van der Waals surface area contributed by atoms with Crippen LogP contribution in [0.3, 0.4) is 0 Å². The van der Waals surface area contributed by atoms with Gasteiger partial charge in [0.15, 0.2) is 0 Å². The van der Waals surface area contributed by atoms with Crippen molar-refractivity contribution in [3.8, 4) is 0 Å². The second kappa shape index (κ2) is 6.40. The van der Waals surface area contributed by atoms with Crippen LogP contribution in [0.25, 0.3) is 0 Å². The number of carbonyl (C=O) groups excluding carboxylic acids is 3. The van der Waals surface area contributed by atoms with E-state index in [1.807, 2.05) is 6.92 Å². The Morgan fingerprint density at radius 3 is 2.25 bits per heavy atom. The number of carbonyl (C=O) groups is 3. The molecular weight excluding hydrogens is 206 g/mol. The van der Waals surface area contributed by atoms with Crippen LogP contribution in [0.5, 0.6) is 0 Å². The molecule has 16 heavy (non-hydrogen) atoms. The highest BCUT2D eigenvalue weighted by molar-refractivity contribution is 5.96. The Bertz CT molecular complexity index is 268. The van der Waals surface area contributed by atoms with E-state index in [4.69, 9.17) is 0 Å². The molecule has 0 aliphatic carbocycles. The van der Waals surface area contributed by atoms with E-state index in [0.29, 0.717) is 38.6 Å². The van der Waals surface area contributed by atoms with E-state index in [1.165, 1.54) is 4.90 Å². The predicted octanol–water partition coefficient (Wildman–Crippen LogP) is 1.67. The average Bonchev–Trinajstić information content (AvgIpc) is 2.43. The van der Waals surface area contributed by atoms with Gasteiger partial charge in [-0.25, -0.2) is 0 Å². The number of rotatable bonds is 5. The van der Waals surface area contributed by atoms with Crippen molar-refractivity contribution in [2.24, 2.45) is 0 Å². The molecule has 1 aliphatic heterocycles. The lowest BCUT2D eigenvalue weighted by Gasteiger charge is -2.18. The third-order valence-electron chi connectivity index (χ3n) is 2.87. The molecule has 4 nitrogen and oxygen atoms in total. The molecule has 1 saturated heterocycles. The SMILES string of the molecule is CCC(=O)CCCN1C(=O)CCCCC1=O. The van der Waals surface area contributed by atoms with Crippen molar-refractivity contribution in [3.05, 3.63) is 0 Å². The Kier molecular flexibility index (Phi) is 5.15. The molecule has 4 heteroatoms. The maximum absolute atomic E-state index is 11.6. The lowest BCUT2D eigenvalue weighted by molar-refractivity contribution is -0.144. The Hall–Kier alpha value is -1.19. The molecule has 0 N–H and O–H groups in total. The average molecular weight is 225 g/mol. The number of nitrogens with zero attached hydrogens (tertiary/aromatic N) is 1. The van der Waals surface area contributed by atoms with Gasteiger partial charge in [-0.15, -0.1) is 0 Å². The smallest absolute Gasteiger partial charge is 0.229 e. The Morgan fingerprint density at radius 1 is 1.19 bits per heavy atom. The van der Waals surface area contributed by atoms with E-state index >= 15 is 0 Å². The largest absolute Gasteiger partial charge is 0.300 e. The van der Waals surface area contributed by atoms with Crippen LogP contribution < -0.4 is 0 Å². The van der Waals surface area contributed by atoms with Gasteiger partial charge in [-0.1, -0.05) is 6.92 Å². The van der Waals surface area contributed by atoms with Crippen molar-refractivity contribution in [2.75, 3.05) is 6.54 Å². The van der Waals surface area contributed by atoms with E-state index in [9.17, 15) is 14.4 Å². The van der Waals surface area contributed by atoms with Gasteiger partial charge in [0.25, 0.3) is 0 Å². The standard InChI is InChI=1S/C12H19NO3/c1-2-10(14)6-5-9-13-11(15)7-3-4-8-12(13)16/h2-9H2,1H3. The summed E-state index contributed by atoms with van der Waals surface area (Å²) in [6.07, 6.45) is 4.13. The zero-order valence-electron chi connectivity index (χ0n) is 9.83. The number of hydrogen-bond donors (Lipinski definition) is 0. The van der Waals surface area contributed by atoms with E-state index in [2.05, 4.69) is 0 Å². The van der Waals surface area contributed by atoms with Gasteiger partial charge in [-0.3, -0.25) is 19.3 Å². The Morgan fingerprint density at radius 2 is 1.75 bits per heavy atom. The summed E-state index contributed by atoms with van der Waals surface area (Å²) in [5.74, 6) is 0.0348. The molecule has 1 rings (SSSR count). The molecule has 0 radical (unpaired) electrons. The number of Topliss-reactive ketones (excluding diaryl/α,β-unsaturated/α-hetero) is 1. The second-order valence-electron chi connectivity index (χ2n) is 4.14. The first-order valence-electron chi connectivity index (χ1n) is 6.00. The Labute approximate surface area is 96.0 Å². The maximum Gasteiger partial charge on any atom is 0.229 e. The maximum atomic E-state index is 11.6. The van der Waals surface area contributed by atoms with Crippen LogP contribution in [0.2, 0.25) is 0 Å². The summed E-state index contributed by atoms with van der Waals surface area (Å²) in [6.45, 7) is 2.23. The van der Waals surface area contributed by atoms with E-state index in [-0.39, 0.29) is 17.6 Å². The van der Waals surface area contributed by atoms with Gasteiger partial charge in [-0.05, 0) is 19.3 Å². The predicted molar refractivity (Wildman–Crippen MR) is 59.7 cm³/mol. The highest BCUT2D eigenvalue weighted by Crippen LogP contribution is 2.13. The molecular formula is C12H19NO3. The number of hydrogen-bond acceptors (Lipinski definition) is 3. The molecule has 0 spiro atoms. The van der Waals surface area contributed by atoms with Gasteiger partial charge >= 0.3 is 0 Å². The fraction of sp³-hybridized carbons (Fsp3) is 0.750. The van der Waals surface area contributed by atoms with Crippen LogP contribution in [-0.4, -0.2) is 29.0 Å². The minimum absolute atomic E-state index is 0.0774. The minimum Gasteiger partial charge on any atom is -0.300 e. The normalized spacial score (nSPS) is 17.4. The monoisotopic (exact) mass is 225 g/mol. The van der Waals surface area contributed by atoms with Gasteiger partial charge in [-0.2, -0.15) is 0 Å². The summed E-state index contributed by atoms with van der Waals surface area (Å²) >= 11 is 0. The topological polar surface area (TPSA) is 54.5 Å². The molecule has 0 aromatic heterocycles. The lowest BCUT2D eigenvalue weighted by Crippen LogP contribution is -2.36. The molecule has 90 valence electrons. The third-order valence-corrected chi connectivity index (χ3v) is 2.87. The molecule has 1 aliphatic rings. The molecule has 0 saturated carbocycles. The quantitative estimate of drug-likeness (QED) is 0.669. The zero-order chi connectivity index (χ0) is 12.0. The van der Waals surface area contributed by atoms with E-state index in [0.717, 1.165) is 12.8 Å². The zero-order valence-corrected chi connectivity index (χ0v) is 9.83. The summed E-state index contributed by atoms with van der Waals surface area (Å²) < 4.78 is 0. The number of ketones is 1. The van der Waals surface area contributed by atoms with E-state index in [1.54, 1.807) is 0 Å². The van der Waals surface area contributed by atoms with Crippen LogP contribution in [0.4, 0.5) is 0 Å². The molecule has 0 atom stereocenters. The van der Waals surface area contributed by atoms with Gasteiger partial charge in [0, 0.05) is 32.2 Å².